The fraction of sp³-hybridized carbons (Fsp3) is 0. The van der Waals surface area contributed by atoms with Gasteiger partial charge >= 0.3 is 0 Å². The molecule has 0 bridgehead atoms. The Morgan fingerprint density at radius 2 is 1.84 bits per heavy atom. The van der Waals surface area contributed by atoms with E-state index in [1.165, 1.54) is 18.2 Å². The lowest BCUT2D eigenvalue weighted by atomic mass is 10.2. The molecular weight excluding hydrogens is 400 g/mol. The average Bonchev–Trinajstić information content (AvgIpc) is 2.35. The number of rotatable bonds is 2. The summed E-state index contributed by atoms with van der Waals surface area (Å²) in [6.45, 7) is 0. The molecule has 2 aromatic carbocycles. The number of carbonyl (C=O) groups is 1. The zero-order valence-corrected chi connectivity index (χ0v) is 13.3. The Morgan fingerprint density at radius 3 is 2.53 bits per heavy atom. The molecule has 0 aliphatic heterocycles. The van der Waals surface area contributed by atoms with Crippen molar-refractivity contribution in [2.45, 2.75) is 0 Å². The van der Waals surface area contributed by atoms with Crippen LogP contribution in [0.3, 0.4) is 0 Å². The lowest BCUT2D eigenvalue weighted by Crippen LogP contribution is -2.13. The molecule has 2 aromatic rings. The first-order chi connectivity index (χ1) is 8.97. The van der Waals surface area contributed by atoms with Crippen LogP contribution in [0.4, 0.5) is 10.1 Å². The second-order valence-electron chi connectivity index (χ2n) is 3.70. The van der Waals surface area contributed by atoms with Crippen LogP contribution in [0.5, 0.6) is 0 Å². The van der Waals surface area contributed by atoms with Crippen LogP contribution in [0.15, 0.2) is 45.3 Å². The van der Waals surface area contributed by atoms with Crippen molar-refractivity contribution in [2.24, 2.45) is 0 Å². The Bertz CT molecular complexity index is 649. The van der Waals surface area contributed by atoms with Crippen LogP contribution in [0, 0.1) is 5.82 Å². The minimum absolute atomic E-state index is 0.332. The maximum absolute atomic E-state index is 13.0. The molecule has 0 radical (unpaired) electrons. The van der Waals surface area contributed by atoms with Gasteiger partial charge in [-0.1, -0.05) is 11.6 Å². The number of hydrogen-bond acceptors (Lipinski definition) is 1. The molecule has 2 nitrogen and oxygen atoms in total. The Labute approximate surface area is 131 Å². The summed E-state index contributed by atoms with van der Waals surface area (Å²) in [6, 6.07) is 8.96. The molecule has 0 fully saturated rings. The van der Waals surface area contributed by atoms with Gasteiger partial charge in [-0.25, -0.2) is 4.39 Å². The van der Waals surface area contributed by atoms with Gasteiger partial charge in [-0.05, 0) is 68.3 Å². The van der Waals surface area contributed by atoms with Crippen molar-refractivity contribution in [3.05, 3.63) is 61.7 Å². The van der Waals surface area contributed by atoms with Crippen LogP contribution in [0.25, 0.3) is 0 Å². The van der Waals surface area contributed by atoms with Gasteiger partial charge < -0.3 is 5.32 Å². The standard InChI is InChI=1S/C13H7Br2ClFNO/c14-10-3-1-7(16)5-9(10)13(19)18-12-4-2-8(17)6-11(12)15/h1-6H,(H,18,19). The van der Waals surface area contributed by atoms with Gasteiger partial charge in [0.05, 0.1) is 11.3 Å². The van der Waals surface area contributed by atoms with Crippen molar-refractivity contribution in [2.75, 3.05) is 5.32 Å². The van der Waals surface area contributed by atoms with Crippen molar-refractivity contribution < 1.29 is 9.18 Å². The molecule has 1 amide bonds. The fourth-order valence-electron chi connectivity index (χ4n) is 1.45. The van der Waals surface area contributed by atoms with E-state index >= 15 is 0 Å². The van der Waals surface area contributed by atoms with Crippen LogP contribution in [-0.2, 0) is 0 Å². The Kier molecular flexibility index (Phi) is 4.60. The topological polar surface area (TPSA) is 29.1 Å². The second-order valence-corrected chi connectivity index (χ2v) is 5.85. The summed E-state index contributed by atoms with van der Waals surface area (Å²) in [5.74, 6) is -0.713. The molecule has 6 heteroatoms. The van der Waals surface area contributed by atoms with Gasteiger partial charge in [-0.15, -0.1) is 0 Å². The van der Waals surface area contributed by atoms with Crippen LogP contribution in [0.2, 0.25) is 5.02 Å². The average molecular weight is 407 g/mol. The Balaban J connectivity index is 2.28. The molecule has 98 valence electrons. The highest BCUT2D eigenvalue weighted by Crippen LogP contribution is 2.26. The van der Waals surface area contributed by atoms with Crippen molar-refractivity contribution in [3.63, 3.8) is 0 Å². The normalized spacial score (nSPS) is 10.3. The molecule has 0 spiro atoms. The van der Waals surface area contributed by atoms with E-state index in [1.54, 1.807) is 18.2 Å². The van der Waals surface area contributed by atoms with Gasteiger partial charge in [-0.3, -0.25) is 4.79 Å². The first-order valence-electron chi connectivity index (χ1n) is 5.19. The van der Waals surface area contributed by atoms with Crippen LogP contribution in [0.1, 0.15) is 10.4 Å². The van der Waals surface area contributed by atoms with E-state index < -0.39 is 0 Å². The Hall–Kier alpha value is -0.910. The molecule has 0 aromatic heterocycles. The van der Waals surface area contributed by atoms with E-state index in [0.29, 0.717) is 25.2 Å². The van der Waals surface area contributed by atoms with Gasteiger partial charge in [-0.2, -0.15) is 0 Å². The van der Waals surface area contributed by atoms with Crippen molar-refractivity contribution in [3.8, 4) is 0 Å². The molecule has 0 aliphatic rings. The smallest absolute Gasteiger partial charge is 0.256 e. The zero-order valence-electron chi connectivity index (χ0n) is 9.38. The summed E-state index contributed by atoms with van der Waals surface area (Å²) in [7, 11) is 0. The molecule has 0 heterocycles. The number of hydrogen-bond donors (Lipinski definition) is 1. The highest BCUT2D eigenvalue weighted by molar-refractivity contribution is 9.11. The van der Waals surface area contributed by atoms with E-state index in [2.05, 4.69) is 37.2 Å². The minimum Gasteiger partial charge on any atom is -0.321 e. The molecule has 0 unspecified atom stereocenters. The summed E-state index contributed by atoms with van der Waals surface area (Å²) < 4.78 is 14.1. The van der Waals surface area contributed by atoms with E-state index in [-0.39, 0.29) is 11.7 Å². The van der Waals surface area contributed by atoms with E-state index in [0.717, 1.165) is 0 Å². The SMILES string of the molecule is O=C(Nc1ccc(F)cc1Br)c1cc(Cl)ccc1Br. The first kappa shape index (κ1) is 14.5. The minimum atomic E-state index is -0.381. The van der Waals surface area contributed by atoms with Gasteiger partial charge in [0.15, 0.2) is 0 Å². The summed E-state index contributed by atoms with van der Waals surface area (Å²) in [5, 5.41) is 3.15. The lowest BCUT2D eigenvalue weighted by Gasteiger charge is -2.09. The number of halogens is 4. The monoisotopic (exact) mass is 405 g/mol. The summed E-state index contributed by atoms with van der Waals surface area (Å²) in [5.41, 5.74) is 0.891. The number of benzene rings is 2. The van der Waals surface area contributed by atoms with Crippen LogP contribution in [-0.4, -0.2) is 5.91 Å². The van der Waals surface area contributed by atoms with E-state index in [1.807, 2.05) is 0 Å². The first-order valence-corrected chi connectivity index (χ1v) is 7.15. The summed E-state index contributed by atoms with van der Waals surface area (Å²) >= 11 is 12.3. The Morgan fingerprint density at radius 1 is 1.11 bits per heavy atom. The molecule has 19 heavy (non-hydrogen) atoms. The van der Waals surface area contributed by atoms with E-state index in [4.69, 9.17) is 11.6 Å². The van der Waals surface area contributed by atoms with E-state index in [9.17, 15) is 9.18 Å². The largest absolute Gasteiger partial charge is 0.321 e. The van der Waals surface area contributed by atoms with Crippen molar-refractivity contribution >= 4 is 55.1 Å². The number of carbonyl (C=O) groups excluding carboxylic acids is 1. The molecule has 0 saturated carbocycles. The third kappa shape index (κ3) is 3.55. The molecule has 0 saturated heterocycles. The molecule has 1 N–H and O–H groups in total. The van der Waals surface area contributed by atoms with Gasteiger partial charge in [0, 0.05) is 14.0 Å². The lowest BCUT2D eigenvalue weighted by molar-refractivity contribution is 0.102. The summed E-state index contributed by atoms with van der Waals surface area (Å²) in [4.78, 5) is 12.1. The molecule has 0 atom stereocenters. The predicted octanol–water partition coefficient (Wildman–Crippen LogP) is 5.26. The highest BCUT2D eigenvalue weighted by Gasteiger charge is 2.12. The zero-order chi connectivity index (χ0) is 14.0. The number of anilines is 1. The quantitative estimate of drug-likeness (QED) is 0.723. The number of amides is 1. The van der Waals surface area contributed by atoms with Crippen LogP contribution < -0.4 is 5.32 Å². The van der Waals surface area contributed by atoms with Crippen molar-refractivity contribution in [1.82, 2.24) is 0 Å². The number of nitrogens with one attached hydrogen (secondary N) is 1. The third-order valence-corrected chi connectivity index (χ3v) is 3.94. The highest BCUT2D eigenvalue weighted by atomic mass is 79.9. The second kappa shape index (κ2) is 6.03. The van der Waals surface area contributed by atoms with Crippen molar-refractivity contribution in [1.29, 1.82) is 0 Å². The maximum Gasteiger partial charge on any atom is 0.256 e. The molecule has 0 aliphatic carbocycles. The molecular formula is C13H7Br2ClFNO. The fourth-order valence-corrected chi connectivity index (χ4v) is 2.50. The van der Waals surface area contributed by atoms with Crippen LogP contribution >= 0.6 is 43.5 Å². The van der Waals surface area contributed by atoms with Gasteiger partial charge in [0.1, 0.15) is 5.82 Å². The van der Waals surface area contributed by atoms with Gasteiger partial charge in [0.25, 0.3) is 5.91 Å². The third-order valence-electron chi connectivity index (χ3n) is 2.35. The molecule has 2 rings (SSSR count). The summed E-state index contributed by atoms with van der Waals surface area (Å²) in [6.07, 6.45) is 0. The predicted molar refractivity (Wildman–Crippen MR) is 81.2 cm³/mol. The van der Waals surface area contributed by atoms with Gasteiger partial charge in [0.2, 0.25) is 0 Å². The maximum atomic E-state index is 13.0.